The number of hydrogen-bond acceptors (Lipinski definition) is 3. The molecule has 2 heterocycles. The molecule has 1 amide bonds. The van der Waals surface area contributed by atoms with E-state index in [1.807, 2.05) is 59.3 Å². The molecule has 5 nitrogen and oxygen atoms in total. The molecule has 1 fully saturated rings. The SMILES string of the molecule is N#C/C(=C\c1cccn1-c1ccccc1)C(=O)NC[C@@H]1CCCO1. The number of aromatic nitrogens is 1. The van der Waals surface area contributed by atoms with Crippen LogP contribution in [-0.4, -0.2) is 29.7 Å². The van der Waals surface area contributed by atoms with Crippen LogP contribution in [0, 0.1) is 11.3 Å². The maximum atomic E-state index is 12.2. The van der Waals surface area contributed by atoms with Gasteiger partial charge >= 0.3 is 0 Å². The number of rotatable bonds is 5. The van der Waals surface area contributed by atoms with Crippen LogP contribution in [0.4, 0.5) is 0 Å². The van der Waals surface area contributed by atoms with Gasteiger partial charge in [-0.05, 0) is 43.2 Å². The summed E-state index contributed by atoms with van der Waals surface area (Å²) in [6.07, 6.45) is 5.54. The van der Waals surface area contributed by atoms with Crippen LogP contribution < -0.4 is 5.32 Å². The van der Waals surface area contributed by atoms with Crippen LogP contribution in [0.1, 0.15) is 18.5 Å². The molecule has 0 aliphatic carbocycles. The highest BCUT2D eigenvalue weighted by atomic mass is 16.5. The second-order valence-electron chi connectivity index (χ2n) is 5.65. The van der Waals surface area contributed by atoms with E-state index in [1.165, 1.54) is 0 Å². The minimum atomic E-state index is -0.367. The topological polar surface area (TPSA) is 67.0 Å². The van der Waals surface area contributed by atoms with Crippen molar-refractivity contribution in [1.29, 1.82) is 5.26 Å². The van der Waals surface area contributed by atoms with Crippen LogP contribution in [0.2, 0.25) is 0 Å². The van der Waals surface area contributed by atoms with Crippen LogP contribution in [-0.2, 0) is 9.53 Å². The van der Waals surface area contributed by atoms with Crippen LogP contribution >= 0.6 is 0 Å². The van der Waals surface area contributed by atoms with E-state index < -0.39 is 0 Å². The molecule has 1 aliphatic rings. The lowest BCUT2D eigenvalue weighted by Gasteiger charge is -2.10. The largest absolute Gasteiger partial charge is 0.376 e. The molecule has 1 aromatic carbocycles. The van der Waals surface area contributed by atoms with Gasteiger partial charge in [0.2, 0.25) is 0 Å². The Labute approximate surface area is 141 Å². The van der Waals surface area contributed by atoms with Gasteiger partial charge in [0, 0.05) is 30.7 Å². The molecular weight excluding hydrogens is 302 g/mol. The van der Waals surface area contributed by atoms with E-state index >= 15 is 0 Å². The van der Waals surface area contributed by atoms with Crippen LogP contribution in [0.3, 0.4) is 0 Å². The Bertz CT molecular complexity index is 765. The number of amides is 1. The molecule has 1 N–H and O–H groups in total. The number of nitrogens with zero attached hydrogens (tertiary/aromatic N) is 2. The van der Waals surface area contributed by atoms with Gasteiger partial charge in [-0.15, -0.1) is 0 Å². The number of carbonyl (C=O) groups excluding carboxylic acids is 1. The zero-order chi connectivity index (χ0) is 16.8. The quantitative estimate of drug-likeness (QED) is 0.680. The first-order chi connectivity index (χ1) is 11.8. The highest BCUT2D eigenvalue weighted by Crippen LogP contribution is 2.16. The second kappa shape index (κ2) is 7.62. The fourth-order valence-electron chi connectivity index (χ4n) is 2.74. The first-order valence-corrected chi connectivity index (χ1v) is 8.02. The maximum absolute atomic E-state index is 12.2. The summed E-state index contributed by atoms with van der Waals surface area (Å²) in [4.78, 5) is 12.2. The number of carbonyl (C=O) groups is 1. The lowest BCUT2D eigenvalue weighted by Crippen LogP contribution is -2.32. The van der Waals surface area contributed by atoms with Gasteiger partial charge in [-0.2, -0.15) is 5.26 Å². The molecule has 0 spiro atoms. The predicted octanol–water partition coefficient (Wildman–Crippen LogP) is 2.68. The van der Waals surface area contributed by atoms with Gasteiger partial charge in [0.1, 0.15) is 11.6 Å². The van der Waals surface area contributed by atoms with E-state index in [2.05, 4.69) is 5.32 Å². The average molecular weight is 321 g/mol. The van der Waals surface area contributed by atoms with Gasteiger partial charge in [-0.1, -0.05) is 18.2 Å². The van der Waals surface area contributed by atoms with E-state index in [1.54, 1.807) is 6.08 Å². The van der Waals surface area contributed by atoms with Crippen molar-refractivity contribution in [1.82, 2.24) is 9.88 Å². The third kappa shape index (κ3) is 3.73. The first-order valence-electron chi connectivity index (χ1n) is 8.02. The van der Waals surface area contributed by atoms with Crippen molar-refractivity contribution in [2.75, 3.05) is 13.2 Å². The van der Waals surface area contributed by atoms with Crippen LogP contribution in [0.25, 0.3) is 11.8 Å². The molecule has 1 saturated heterocycles. The summed E-state index contributed by atoms with van der Waals surface area (Å²) in [5, 5.41) is 12.1. The Kier molecular flexibility index (Phi) is 5.09. The number of nitrogens with one attached hydrogen (secondary N) is 1. The summed E-state index contributed by atoms with van der Waals surface area (Å²) in [5.74, 6) is -0.367. The lowest BCUT2D eigenvalue weighted by molar-refractivity contribution is -0.117. The van der Waals surface area contributed by atoms with Crippen LogP contribution in [0.15, 0.2) is 54.2 Å². The average Bonchev–Trinajstić information content (AvgIpc) is 3.30. The third-order valence-electron chi connectivity index (χ3n) is 3.99. The van der Waals surface area contributed by atoms with Gasteiger partial charge in [-0.3, -0.25) is 4.79 Å². The molecule has 1 atom stereocenters. The third-order valence-corrected chi connectivity index (χ3v) is 3.99. The smallest absolute Gasteiger partial charge is 0.262 e. The van der Waals surface area contributed by atoms with E-state index in [0.717, 1.165) is 30.8 Å². The summed E-state index contributed by atoms with van der Waals surface area (Å²) < 4.78 is 7.41. The molecule has 0 saturated carbocycles. The minimum Gasteiger partial charge on any atom is -0.376 e. The Hall–Kier alpha value is -2.84. The number of ether oxygens (including phenoxy) is 1. The fraction of sp³-hybridized carbons (Fsp3) is 0.263. The molecule has 0 unspecified atom stereocenters. The number of benzene rings is 1. The molecule has 1 aromatic heterocycles. The summed E-state index contributed by atoms with van der Waals surface area (Å²) in [7, 11) is 0. The fourth-order valence-corrected chi connectivity index (χ4v) is 2.74. The van der Waals surface area contributed by atoms with Crippen molar-refractivity contribution in [3.8, 4) is 11.8 Å². The zero-order valence-electron chi connectivity index (χ0n) is 13.3. The van der Waals surface area contributed by atoms with Gasteiger partial charge in [-0.25, -0.2) is 0 Å². The normalized spacial score (nSPS) is 17.5. The molecule has 0 bridgehead atoms. The summed E-state index contributed by atoms with van der Waals surface area (Å²) in [6, 6.07) is 15.5. The Morgan fingerprint density at radius 3 is 2.88 bits per heavy atom. The Morgan fingerprint density at radius 2 is 2.17 bits per heavy atom. The molecule has 0 radical (unpaired) electrons. The van der Waals surface area contributed by atoms with Crippen molar-refractivity contribution >= 4 is 12.0 Å². The van der Waals surface area contributed by atoms with E-state index in [9.17, 15) is 10.1 Å². The van der Waals surface area contributed by atoms with Gasteiger partial charge in [0.05, 0.1) is 6.10 Å². The van der Waals surface area contributed by atoms with Crippen molar-refractivity contribution in [3.05, 3.63) is 59.9 Å². The van der Waals surface area contributed by atoms with Crippen molar-refractivity contribution in [3.63, 3.8) is 0 Å². The predicted molar refractivity (Wildman–Crippen MR) is 91.3 cm³/mol. The minimum absolute atomic E-state index is 0.0575. The Balaban J connectivity index is 1.75. The standard InChI is InChI=1S/C19H19N3O2/c20-13-15(19(23)21-14-18-9-5-11-24-18)12-17-8-4-10-22(17)16-6-2-1-3-7-16/h1-4,6-8,10,12,18H,5,9,11,14H2,(H,21,23)/b15-12+/t18-/m0/s1. The van der Waals surface area contributed by atoms with E-state index in [4.69, 9.17) is 4.74 Å². The van der Waals surface area contributed by atoms with Gasteiger partial charge < -0.3 is 14.6 Å². The highest BCUT2D eigenvalue weighted by Gasteiger charge is 2.17. The molecule has 122 valence electrons. The van der Waals surface area contributed by atoms with Crippen molar-refractivity contribution < 1.29 is 9.53 Å². The number of para-hydroxylation sites is 1. The summed E-state index contributed by atoms with van der Waals surface area (Å²) >= 11 is 0. The van der Waals surface area contributed by atoms with E-state index in [0.29, 0.717) is 6.54 Å². The van der Waals surface area contributed by atoms with E-state index in [-0.39, 0.29) is 17.6 Å². The summed E-state index contributed by atoms with van der Waals surface area (Å²) in [5.41, 5.74) is 1.85. The first kappa shape index (κ1) is 16.0. The van der Waals surface area contributed by atoms with Crippen molar-refractivity contribution in [2.24, 2.45) is 0 Å². The Morgan fingerprint density at radius 1 is 1.33 bits per heavy atom. The van der Waals surface area contributed by atoms with Crippen molar-refractivity contribution in [2.45, 2.75) is 18.9 Å². The molecule has 2 aromatic rings. The van der Waals surface area contributed by atoms with Gasteiger partial charge in [0.25, 0.3) is 5.91 Å². The maximum Gasteiger partial charge on any atom is 0.262 e. The molecule has 5 heteroatoms. The lowest BCUT2D eigenvalue weighted by atomic mass is 10.2. The molecule has 1 aliphatic heterocycles. The summed E-state index contributed by atoms with van der Waals surface area (Å²) in [6.45, 7) is 1.18. The monoisotopic (exact) mass is 321 g/mol. The highest BCUT2D eigenvalue weighted by molar-refractivity contribution is 6.01. The number of nitriles is 1. The molecule has 3 rings (SSSR count). The zero-order valence-corrected chi connectivity index (χ0v) is 13.3. The van der Waals surface area contributed by atoms with Gasteiger partial charge in [0.15, 0.2) is 0 Å². The second-order valence-corrected chi connectivity index (χ2v) is 5.65. The molecule has 24 heavy (non-hydrogen) atoms. The molecular formula is C19H19N3O2. The van der Waals surface area contributed by atoms with Crippen LogP contribution in [0.5, 0.6) is 0 Å². The number of hydrogen-bond donors (Lipinski definition) is 1.